The van der Waals surface area contributed by atoms with Gasteiger partial charge in [0, 0.05) is 6.61 Å². The van der Waals surface area contributed by atoms with Gasteiger partial charge in [0.25, 0.3) is 0 Å². The van der Waals surface area contributed by atoms with E-state index in [0.29, 0.717) is 0 Å². The number of allylic oxidation sites excluding steroid dienone is 1. The van der Waals surface area contributed by atoms with Crippen LogP contribution in [-0.4, -0.2) is 23.4 Å². The van der Waals surface area contributed by atoms with E-state index in [1.54, 1.807) is 0 Å². The molecule has 0 aliphatic heterocycles. The second kappa shape index (κ2) is 10.7. The third-order valence-corrected chi connectivity index (χ3v) is 2.35. The lowest BCUT2D eigenvalue weighted by molar-refractivity contribution is 0.285. The summed E-state index contributed by atoms with van der Waals surface area (Å²) in [5.74, 6) is 0. The number of unbranched alkanes of at least 4 members (excludes halogenated alkanes) is 4. The Morgan fingerprint density at radius 1 is 1.07 bits per heavy atom. The molecule has 0 aromatic heterocycles. The van der Waals surface area contributed by atoms with Gasteiger partial charge in [-0.25, -0.2) is 0 Å². The fraction of sp³-hybridized carbons (Fsp3) is 0.833. The van der Waals surface area contributed by atoms with Crippen molar-refractivity contribution in [3.05, 3.63) is 11.6 Å². The molecule has 0 spiro atoms. The molecule has 0 aromatic carbocycles. The molecule has 0 atom stereocenters. The second-order valence-corrected chi connectivity index (χ2v) is 3.70. The highest BCUT2D eigenvalue weighted by Crippen LogP contribution is 2.10. The van der Waals surface area contributed by atoms with Gasteiger partial charge < -0.3 is 10.2 Å². The zero-order valence-corrected chi connectivity index (χ0v) is 9.34. The zero-order chi connectivity index (χ0) is 10.6. The number of aliphatic hydroxyl groups is 2. The largest absolute Gasteiger partial charge is 0.396 e. The summed E-state index contributed by atoms with van der Waals surface area (Å²) in [6.07, 6.45) is 9.69. The molecule has 0 rings (SSSR count). The predicted octanol–water partition coefficient (Wildman–Crippen LogP) is 2.65. The summed E-state index contributed by atoms with van der Waals surface area (Å²) in [6.45, 7) is 2.66. The lowest BCUT2D eigenvalue weighted by Gasteiger charge is -2.03. The van der Waals surface area contributed by atoms with Crippen molar-refractivity contribution in [3.63, 3.8) is 0 Å². The Hall–Kier alpha value is -0.340. The van der Waals surface area contributed by atoms with Crippen LogP contribution in [0.4, 0.5) is 0 Å². The molecule has 0 aliphatic rings. The van der Waals surface area contributed by atoms with Gasteiger partial charge in [-0.05, 0) is 37.7 Å². The Morgan fingerprint density at radius 3 is 2.43 bits per heavy atom. The smallest absolute Gasteiger partial charge is 0.0641 e. The first-order chi connectivity index (χ1) is 6.85. The van der Waals surface area contributed by atoms with Crippen molar-refractivity contribution in [2.24, 2.45) is 0 Å². The summed E-state index contributed by atoms with van der Waals surface area (Å²) in [7, 11) is 0. The molecular weight excluding hydrogens is 176 g/mol. The maximum atomic E-state index is 9.06. The van der Waals surface area contributed by atoms with Crippen LogP contribution in [0.2, 0.25) is 0 Å². The molecule has 0 fully saturated rings. The standard InChI is InChI=1S/C12H24O2/c1-2-3-5-8-12(11-14)9-6-4-7-10-13/h9,13-14H,2-8,10-11H2,1H3/b12-9-. The van der Waals surface area contributed by atoms with E-state index in [-0.39, 0.29) is 13.2 Å². The number of aliphatic hydroxyl groups excluding tert-OH is 2. The Labute approximate surface area is 87.7 Å². The Morgan fingerprint density at radius 2 is 1.86 bits per heavy atom. The summed E-state index contributed by atoms with van der Waals surface area (Å²) in [6, 6.07) is 0. The highest BCUT2D eigenvalue weighted by molar-refractivity contribution is 5.01. The van der Waals surface area contributed by atoms with E-state index in [1.807, 2.05) is 0 Å². The molecule has 0 radical (unpaired) electrons. The van der Waals surface area contributed by atoms with Crippen LogP contribution in [0.3, 0.4) is 0 Å². The van der Waals surface area contributed by atoms with Gasteiger partial charge in [0.2, 0.25) is 0 Å². The van der Waals surface area contributed by atoms with Crippen LogP contribution in [-0.2, 0) is 0 Å². The van der Waals surface area contributed by atoms with Crippen LogP contribution in [0, 0.1) is 0 Å². The Kier molecular flexibility index (Phi) is 10.5. The minimum absolute atomic E-state index is 0.197. The molecule has 0 heterocycles. The predicted molar refractivity (Wildman–Crippen MR) is 60.2 cm³/mol. The van der Waals surface area contributed by atoms with E-state index in [2.05, 4.69) is 13.0 Å². The molecule has 0 bridgehead atoms. The van der Waals surface area contributed by atoms with Crippen molar-refractivity contribution in [2.75, 3.05) is 13.2 Å². The van der Waals surface area contributed by atoms with Crippen molar-refractivity contribution in [1.29, 1.82) is 0 Å². The van der Waals surface area contributed by atoms with Crippen LogP contribution in [0.15, 0.2) is 11.6 Å². The van der Waals surface area contributed by atoms with E-state index in [1.165, 1.54) is 19.3 Å². The van der Waals surface area contributed by atoms with Gasteiger partial charge in [-0.2, -0.15) is 0 Å². The number of rotatable bonds is 9. The van der Waals surface area contributed by atoms with Crippen molar-refractivity contribution < 1.29 is 10.2 Å². The quantitative estimate of drug-likeness (QED) is 0.444. The molecule has 0 aromatic rings. The molecular formula is C12H24O2. The van der Waals surface area contributed by atoms with Crippen molar-refractivity contribution in [3.8, 4) is 0 Å². The fourth-order valence-electron chi connectivity index (χ4n) is 1.41. The molecule has 2 heteroatoms. The van der Waals surface area contributed by atoms with Gasteiger partial charge >= 0.3 is 0 Å². The van der Waals surface area contributed by atoms with Crippen molar-refractivity contribution in [2.45, 2.75) is 51.9 Å². The molecule has 0 amide bonds. The molecule has 0 unspecified atom stereocenters. The van der Waals surface area contributed by atoms with Crippen LogP contribution in [0.5, 0.6) is 0 Å². The van der Waals surface area contributed by atoms with E-state index < -0.39 is 0 Å². The molecule has 14 heavy (non-hydrogen) atoms. The van der Waals surface area contributed by atoms with E-state index in [4.69, 9.17) is 10.2 Å². The highest BCUT2D eigenvalue weighted by atomic mass is 16.3. The summed E-state index contributed by atoms with van der Waals surface area (Å²) >= 11 is 0. The van der Waals surface area contributed by atoms with Crippen molar-refractivity contribution >= 4 is 0 Å². The normalized spacial score (nSPS) is 12.1. The third kappa shape index (κ3) is 8.27. The molecule has 2 nitrogen and oxygen atoms in total. The van der Waals surface area contributed by atoms with E-state index in [0.717, 1.165) is 31.3 Å². The van der Waals surface area contributed by atoms with Crippen LogP contribution in [0.25, 0.3) is 0 Å². The average molecular weight is 200 g/mol. The minimum Gasteiger partial charge on any atom is -0.396 e. The van der Waals surface area contributed by atoms with Gasteiger partial charge in [-0.15, -0.1) is 0 Å². The van der Waals surface area contributed by atoms with E-state index >= 15 is 0 Å². The molecule has 0 saturated heterocycles. The highest BCUT2D eigenvalue weighted by Gasteiger charge is 1.95. The molecule has 2 N–H and O–H groups in total. The fourth-order valence-corrected chi connectivity index (χ4v) is 1.41. The monoisotopic (exact) mass is 200 g/mol. The second-order valence-electron chi connectivity index (χ2n) is 3.70. The first kappa shape index (κ1) is 13.7. The summed E-state index contributed by atoms with van der Waals surface area (Å²) in [5.41, 5.74) is 1.16. The van der Waals surface area contributed by atoms with Crippen LogP contribution < -0.4 is 0 Å². The van der Waals surface area contributed by atoms with E-state index in [9.17, 15) is 0 Å². The Bertz CT molecular complexity index is 141. The summed E-state index contributed by atoms with van der Waals surface area (Å²) < 4.78 is 0. The Balaban J connectivity index is 3.53. The summed E-state index contributed by atoms with van der Waals surface area (Å²) in [4.78, 5) is 0. The lowest BCUT2D eigenvalue weighted by atomic mass is 10.1. The van der Waals surface area contributed by atoms with Gasteiger partial charge in [0.05, 0.1) is 6.61 Å². The minimum atomic E-state index is 0.197. The maximum Gasteiger partial charge on any atom is 0.0641 e. The third-order valence-electron chi connectivity index (χ3n) is 2.35. The van der Waals surface area contributed by atoms with Crippen molar-refractivity contribution in [1.82, 2.24) is 0 Å². The average Bonchev–Trinajstić information content (AvgIpc) is 2.22. The first-order valence-electron chi connectivity index (χ1n) is 5.74. The molecule has 0 aliphatic carbocycles. The van der Waals surface area contributed by atoms with Crippen LogP contribution in [0.1, 0.15) is 51.9 Å². The SMILES string of the molecule is CCCCC/C(=C/CCCCO)CO. The maximum absolute atomic E-state index is 9.06. The first-order valence-corrected chi connectivity index (χ1v) is 5.74. The number of hydrogen-bond acceptors (Lipinski definition) is 2. The van der Waals surface area contributed by atoms with Gasteiger partial charge in [-0.3, -0.25) is 0 Å². The van der Waals surface area contributed by atoms with Gasteiger partial charge in [-0.1, -0.05) is 25.8 Å². The van der Waals surface area contributed by atoms with Gasteiger partial charge in [0.15, 0.2) is 0 Å². The summed E-state index contributed by atoms with van der Waals surface area (Å²) in [5, 5.41) is 17.7. The lowest BCUT2D eigenvalue weighted by Crippen LogP contribution is -1.91. The van der Waals surface area contributed by atoms with Gasteiger partial charge in [0.1, 0.15) is 0 Å². The molecule has 0 saturated carbocycles. The topological polar surface area (TPSA) is 40.5 Å². The number of hydrogen-bond donors (Lipinski definition) is 2. The van der Waals surface area contributed by atoms with Crippen LogP contribution >= 0.6 is 0 Å². The molecule has 84 valence electrons. The zero-order valence-electron chi connectivity index (χ0n) is 9.34.